The normalized spacial score (nSPS) is 21.6. The highest BCUT2D eigenvalue weighted by molar-refractivity contribution is 6.39. The van der Waals surface area contributed by atoms with Crippen molar-refractivity contribution in [2.24, 2.45) is 5.92 Å². The van der Waals surface area contributed by atoms with Gasteiger partial charge in [-0.3, -0.25) is 0 Å². The molecule has 20 heavy (non-hydrogen) atoms. The van der Waals surface area contributed by atoms with E-state index in [9.17, 15) is 4.39 Å². The molecule has 1 aromatic carbocycles. The van der Waals surface area contributed by atoms with Crippen LogP contribution < -0.4 is 10.2 Å². The summed E-state index contributed by atoms with van der Waals surface area (Å²) in [5, 5.41) is 4.36. The van der Waals surface area contributed by atoms with Crippen LogP contribution in [0.3, 0.4) is 0 Å². The summed E-state index contributed by atoms with van der Waals surface area (Å²) in [6, 6.07) is 3.07. The average Bonchev–Trinajstić information content (AvgIpc) is 2.62. The first-order valence-electron chi connectivity index (χ1n) is 7.15. The summed E-state index contributed by atoms with van der Waals surface area (Å²) in [6.45, 7) is 7.15. The summed E-state index contributed by atoms with van der Waals surface area (Å²) < 4.78 is 13.3. The minimum Gasteiger partial charge on any atom is -0.368 e. The van der Waals surface area contributed by atoms with Crippen LogP contribution in [-0.2, 0) is 0 Å². The minimum absolute atomic E-state index is 0.389. The van der Waals surface area contributed by atoms with Crippen molar-refractivity contribution >= 4 is 28.9 Å². The van der Waals surface area contributed by atoms with Crippen LogP contribution in [0.4, 0.5) is 10.1 Å². The van der Waals surface area contributed by atoms with Crippen molar-refractivity contribution in [3.05, 3.63) is 28.0 Å². The van der Waals surface area contributed by atoms with E-state index in [0.29, 0.717) is 22.0 Å². The SMILES string of the molecule is CCC(C)C1CN(c2c(Cl)cc(F)cc2Cl)CCCN1. The molecule has 0 saturated carbocycles. The lowest BCUT2D eigenvalue weighted by atomic mass is 9.99. The molecule has 1 aliphatic rings. The Labute approximate surface area is 130 Å². The van der Waals surface area contributed by atoms with E-state index in [1.165, 1.54) is 12.1 Å². The van der Waals surface area contributed by atoms with E-state index in [-0.39, 0.29) is 0 Å². The highest BCUT2D eigenvalue weighted by atomic mass is 35.5. The first-order chi connectivity index (χ1) is 9.52. The zero-order chi connectivity index (χ0) is 14.7. The molecule has 0 aliphatic carbocycles. The third-order valence-corrected chi connectivity index (χ3v) is 4.63. The number of nitrogens with zero attached hydrogens (tertiary/aromatic N) is 1. The molecule has 1 N–H and O–H groups in total. The van der Waals surface area contributed by atoms with Gasteiger partial charge in [0.25, 0.3) is 0 Å². The molecule has 0 bridgehead atoms. The fourth-order valence-electron chi connectivity index (χ4n) is 2.66. The number of hydrogen-bond acceptors (Lipinski definition) is 2. The Kier molecular flexibility index (Phi) is 5.53. The molecular weight excluding hydrogens is 298 g/mol. The quantitative estimate of drug-likeness (QED) is 0.891. The summed E-state index contributed by atoms with van der Waals surface area (Å²) in [5.41, 5.74) is 0.756. The van der Waals surface area contributed by atoms with Gasteiger partial charge in [0.2, 0.25) is 0 Å². The van der Waals surface area contributed by atoms with E-state index < -0.39 is 5.82 Å². The molecular formula is C15H21Cl2FN2. The van der Waals surface area contributed by atoms with E-state index in [1.54, 1.807) is 0 Å². The van der Waals surface area contributed by atoms with Gasteiger partial charge < -0.3 is 10.2 Å². The Hall–Kier alpha value is -0.510. The van der Waals surface area contributed by atoms with E-state index in [4.69, 9.17) is 23.2 Å². The lowest BCUT2D eigenvalue weighted by Gasteiger charge is -2.30. The molecule has 0 aromatic heterocycles. The van der Waals surface area contributed by atoms with Crippen molar-refractivity contribution in [3.8, 4) is 0 Å². The van der Waals surface area contributed by atoms with E-state index in [1.807, 2.05) is 0 Å². The monoisotopic (exact) mass is 318 g/mol. The topological polar surface area (TPSA) is 15.3 Å². The molecule has 1 aromatic rings. The van der Waals surface area contributed by atoms with Crippen LogP contribution >= 0.6 is 23.2 Å². The van der Waals surface area contributed by atoms with Gasteiger partial charge in [-0.1, -0.05) is 43.5 Å². The Balaban J connectivity index is 2.26. The van der Waals surface area contributed by atoms with Crippen molar-refractivity contribution in [2.45, 2.75) is 32.7 Å². The van der Waals surface area contributed by atoms with Gasteiger partial charge in [-0.2, -0.15) is 0 Å². The van der Waals surface area contributed by atoms with Crippen LogP contribution in [0, 0.1) is 11.7 Å². The number of nitrogens with one attached hydrogen (secondary N) is 1. The molecule has 2 nitrogen and oxygen atoms in total. The first kappa shape index (κ1) is 15.9. The Morgan fingerprint density at radius 3 is 2.65 bits per heavy atom. The molecule has 112 valence electrons. The van der Waals surface area contributed by atoms with Crippen molar-refractivity contribution in [1.29, 1.82) is 0 Å². The Bertz CT molecular complexity index is 444. The molecule has 5 heteroatoms. The number of hydrogen-bond donors (Lipinski definition) is 1. The van der Waals surface area contributed by atoms with Gasteiger partial charge in [0.1, 0.15) is 5.82 Å². The van der Waals surface area contributed by atoms with E-state index in [0.717, 1.165) is 38.2 Å². The van der Waals surface area contributed by atoms with E-state index >= 15 is 0 Å². The molecule has 0 radical (unpaired) electrons. The van der Waals surface area contributed by atoms with Crippen LogP contribution in [0.15, 0.2) is 12.1 Å². The molecule has 2 atom stereocenters. The van der Waals surface area contributed by atoms with Crippen LogP contribution in [-0.4, -0.2) is 25.7 Å². The van der Waals surface area contributed by atoms with Crippen LogP contribution in [0.5, 0.6) is 0 Å². The third kappa shape index (κ3) is 3.57. The van der Waals surface area contributed by atoms with Crippen LogP contribution in [0.2, 0.25) is 10.0 Å². The Morgan fingerprint density at radius 1 is 1.40 bits per heavy atom. The van der Waals surface area contributed by atoms with Gasteiger partial charge in [0, 0.05) is 19.1 Å². The second-order valence-corrected chi connectivity index (χ2v) is 6.28. The fraction of sp³-hybridized carbons (Fsp3) is 0.600. The third-order valence-electron chi connectivity index (χ3n) is 4.06. The van der Waals surface area contributed by atoms with Gasteiger partial charge in [0.15, 0.2) is 0 Å². The van der Waals surface area contributed by atoms with Gasteiger partial charge in [-0.05, 0) is 31.0 Å². The van der Waals surface area contributed by atoms with E-state index in [2.05, 4.69) is 24.1 Å². The lowest BCUT2D eigenvalue weighted by Crippen LogP contribution is -2.42. The van der Waals surface area contributed by atoms with Crippen molar-refractivity contribution in [3.63, 3.8) is 0 Å². The smallest absolute Gasteiger partial charge is 0.126 e. The average molecular weight is 319 g/mol. The standard InChI is InChI=1S/C15H21Cl2FN2/c1-3-10(2)14-9-20(6-4-5-19-14)15-12(16)7-11(18)8-13(15)17/h7-8,10,14,19H,3-6,9H2,1-2H3. The highest BCUT2D eigenvalue weighted by Gasteiger charge is 2.24. The summed E-state index contributed by atoms with van der Waals surface area (Å²) in [5.74, 6) is 0.184. The molecule has 1 fully saturated rings. The molecule has 1 aliphatic heterocycles. The van der Waals surface area contributed by atoms with Crippen LogP contribution in [0.1, 0.15) is 26.7 Å². The van der Waals surface area contributed by atoms with Crippen molar-refractivity contribution in [1.82, 2.24) is 5.32 Å². The fourth-order valence-corrected chi connectivity index (χ4v) is 3.36. The molecule has 1 saturated heterocycles. The number of benzene rings is 1. The number of rotatable bonds is 3. The molecule has 1 heterocycles. The highest BCUT2D eigenvalue weighted by Crippen LogP contribution is 2.35. The van der Waals surface area contributed by atoms with Gasteiger partial charge in [-0.15, -0.1) is 0 Å². The molecule has 0 amide bonds. The molecule has 0 spiro atoms. The number of halogens is 3. The van der Waals surface area contributed by atoms with Gasteiger partial charge in [-0.25, -0.2) is 4.39 Å². The number of anilines is 1. The maximum absolute atomic E-state index is 13.3. The largest absolute Gasteiger partial charge is 0.368 e. The predicted octanol–water partition coefficient (Wildman–Crippen LogP) is 4.35. The molecule has 2 rings (SSSR count). The maximum atomic E-state index is 13.3. The first-order valence-corrected chi connectivity index (χ1v) is 7.91. The summed E-state index contributed by atoms with van der Waals surface area (Å²) in [7, 11) is 0. The summed E-state index contributed by atoms with van der Waals surface area (Å²) >= 11 is 12.4. The zero-order valence-electron chi connectivity index (χ0n) is 11.9. The second kappa shape index (κ2) is 6.97. The molecule has 2 unspecified atom stereocenters. The zero-order valence-corrected chi connectivity index (χ0v) is 13.4. The summed E-state index contributed by atoms with van der Waals surface area (Å²) in [4.78, 5) is 2.18. The second-order valence-electron chi connectivity index (χ2n) is 5.46. The van der Waals surface area contributed by atoms with Gasteiger partial charge >= 0.3 is 0 Å². The van der Waals surface area contributed by atoms with Crippen LogP contribution in [0.25, 0.3) is 0 Å². The summed E-state index contributed by atoms with van der Waals surface area (Å²) in [6.07, 6.45) is 2.15. The maximum Gasteiger partial charge on any atom is 0.126 e. The minimum atomic E-state index is -0.393. The lowest BCUT2D eigenvalue weighted by molar-refractivity contribution is 0.384. The predicted molar refractivity (Wildman–Crippen MR) is 84.5 cm³/mol. The van der Waals surface area contributed by atoms with Gasteiger partial charge in [0.05, 0.1) is 15.7 Å². The van der Waals surface area contributed by atoms with Crippen molar-refractivity contribution < 1.29 is 4.39 Å². The Morgan fingerprint density at radius 2 is 2.05 bits per heavy atom. The van der Waals surface area contributed by atoms with Crippen molar-refractivity contribution in [2.75, 3.05) is 24.5 Å².